The Bertz CT molecular complexity index is 585. The molecule has 98 valence electrons. The van der Waals surface area contributed by atoms with Gasteiger partial charge in [0, 0.05) is 10.9 Å². The minimum Gasteiger partial charge on any atom is -0.293 e. The van der Waals surface area contributed by atoms with E-state index in [1.54, 1.807) is 0 Å². The number of hydrogen-bond acceptors (Lipinski definition) is 1. The third kappa shape index (κ3) is 3.11. The van der Waals surface area contributed by atoms with Gasteiger partial charge >= 0.3 is 0 Å². The maximum atomic E-state index is 12.5. The lowest BCUT2D eigenvalue weighted by Gasteiger charge is -2.13. The lowest BCUT2D eigenvalue weighted by atomic mass is 9.92. The second kappa shape index (κ2) is 5.96. The van der Waals surface area contributed by atoms with Gasteiger partial charge in [-0.3, -0.25) is 4.79 Å². The zero-order valence-electron chi connectivity index (χ0n) is 10.2. The summed E-state index contributed by atoms with van der Waals surface area (Å²) in [6, 6.07) is 12.6. The van der Waals surface area contributed by atoms with E-state index in [0.717, 1.165) is 5.56 Å². The Morgan fingerprint density at radius 3 is 2.05 bits per heavy atom. The van der Waals surface area contributed by atoms with Crippen molar-refractivity contribution >= 4 is 40.6 Å². The smallest absolute Gasteiger partial charge is 0.173 e. The van der Waals surface area contributed by atoms with Crippen molar-refractivity contribution in [3.8, 4) is 0 Å². The first-order valence-electron chi connectivity index (χ1n) is 5.74. The molecular formula is C15H11Cl3O. The van der Waals surface area contributed by atoms with Crippen LogP contribution in [0, 0.1) is 0 Å². The van der Waals surface area contributed by atoms with Crippen LogP contribution in [0.4, 0.5) is 0 Å². The average molecular weight is 314 g/mol. The van der Waals surface area contributed by atoms with Crippen molar-refractivity contribution in [2.24, 2.45) is 0 Å². The van der Waals surface area contributed by atoms with Crippen molar-refractivity contribution in [2.75, 3.05) is 0 Å². The Morgan fingerprint density at radius 2 is 1.53 bits per heavy atom. The summed E-state index contributed by atoms with van der Waals surface area (Å²) in [7, 11) is 0. The third-order valence-corrected chi connectivity index (χ3v) is 3.76. The minimum absolute atomic E-state index is 0.113. The molecule has 0 spiro atoms. The Hall–Kier alpha value is -1.02. The quantitative estimate of drug-likeness (QED) is 0.671. The molecule has 2 rings (SSSR count). The molecular weight excluding hydrogens is 303 g/mol. The molecule has 0 aliphatic rings. The molecule has 1 atom stereocenters. The normalized spacial score (nSPS) is 12.2. The van der Waals surface area contributed by atoms with E-state index < -0.39 is 0 Å². The zero-order chi connectivity index (χ0) is 14.0. The second-order valence-electron chi connectivity index (χ2n) is 4.24. The summed E-state index contributed by atoms with van der Waals surface area (Å²) in [6.45, 7) is 1.83. The lowest BCUT2D eigenvalue weighted by Crippen LogP contribution is -2.11. The number of Topliss-reactive ketones (excluding diaryl/α,β-unsaturated/α-hetero) is 1. The Morgan fingerprint density at radius 1 is 1.00 bits per heavy atom. The van der Waals surface area contributed by atoms with Crippen molar-refractivity contribution in [1.82, 2.24) is 0 Å². The van der Waals surface area contributed by atoms with Crippen LogP contribution in [0.1, 0.15) is 28.8 Å². The van der Waals surface area contributed by atoms with Crippen molar-refractivity contribution in [3.05, 3.63) is 68.7 Å². The van der Waals surface area contributed by atoms with E-state index in [1.807, 2.05) is 37.3 Å². The molecule has 0 amide bonds. The monoisotopic (exact) mass is 312 g/mol. The number of hydrogen-bond donors (Lipinski definition) is 0. The molecule has 4 heteroatoms. The van der Waals surface area contributed by atoms with Crippen molar-refractivity contribution < 1.29 is 4.79 Å². The molecule has 0 radical (unpaired) electrons. The number of halogens is 3. The molecule has 0 aliphatic heterocycles. The minimum atomic E-state index is -0.308. The van der Waals surface area contributed by atoms with Crippen LogP contribution in [0.15, 0.2) is 42.5 Å². The fourth-order valence-corrected chi connectivity index (χ4v) is 2.89. The van der Waals surface area contributed by atoms with Crippen LogP contribution in [0.3, 0.4) is 0 Å². The molecule has 0 bridgehead atoms. The highest BCUT2D eigenvalue weighted by Crippen LogP contribution is 2.33. The van der Waals surface area contributed by atoms with Crippen molar-refractivity contribution in [3.63, 3.8) is 0 Å². The molecule has 0 aromatic heterocycles. The van der Waals surface area contributed by atoms with Gasteiger partial charge in [-0.25, -0.2) is 0 Å². The van der Waals surface area contributed by atoms with E-state index in [1.165, 1.54) is 12.1 Å². The van der Waals surface area contributed by atoms with E-state index in [-0.39, 0.29) is 21.7 Å². The Labute approximate surface area is 127 Å². The summed E-state index contributed by atoms with van der Waals surface area (Å²) in [5.74, 6) is -0.421. The van der Waals surface area contributed by atoms with Crippen molar-refractivity contribution in [1.29, 1.82) is 0 Å². The van der Waals surface area contributed by atoms with Gasteiger partial charge < -0.3 is 0 Å². The van der Waals surface area contributed by atoms with Crippen LogP contribution >= 0.6 is 34.8 Å². The molecule has 1 unspecified atom stereocenters. The molecule has 2 aromatic rings. The molecule has 1 nitrogen and oxygen atoms in total. The fourth-order valence-electron chi connectivity index (χ4n) is 1.89. The topological polar surface area (TPSA) is 17.1 Å². The maximum absolute atomic E-state index is 12.5. The van der Waals surface area contributed by atoms with E-state index in [0.29, 0.717) is 10.6 Å². The summed E-state index contributed by atoms with van der Waals surface area (Å²) in [4.78, 5) is 12.5. The summed E-state index contributed by atoms with van der Waals surface area (Å²) < 4.78 is 0. The van der Waals surface area contributed by atoms with Crippen LogP contribution in [0.2, 0.25) is 15.1 Å². The highest BCUT2D eigenvalue weighted by molar-refractivity contribution is 6.42. The summed E-state index contributed by atoms with van der Waals surface area (Å²) in [5.41, 5.74) is 1.25. The first-order chi connectivity index (χ1) is 9.00. The summed E-state index contributed by atoms with van der Waals surface area (Å²) in [6.07, 6.45) is 0. The third-order valence-electron chi connectivity index (χ3n) is 2.95. The predicted molar refractivity (Wildman–Crippen MR) is 80.7 cm³/mol. The van der Waals surface area contributed by atoms with Gasteiger partial charge in [-0.2, -0.15) is 0 Å². The molecule has 2 aromatic carbocycles. The fraction of sp³-hybridized carbons (Fsp3) is 0.133. The van der Waals surface area contributed by atoms with Gasteiger partial charge in [0.1, 0.15) is 0 Å². The molecule has 0 N–H and O–H groups in total. The molecule has 19 heavy (non-hydrogen) atoms. The largest absolute Gasteiger partial charge is 0.293 e. The Balaban J connectivity index is 2.40. The SMILES string of the molecule is CC(C(=O)c1c(Cl)cc(Cl)cc1Cl)c1ccccc1. The number of benzene rings is 2. The number of rotatable bonds is 3. The summed E-state index contributed by atoms with van der Waals surface area (Å²) >= 11 is 18.0. The first-order valence-corrected chi connectivity index (χ1v) is 6.88. The molecule has 0 saturated carbocycles. The highest BCUT2D eigenvalue weighted by atomic mass is 35.5. The van der Waals surface area contributed by atoms with Crippen LogP contribution in [0.5, 0.6) is 0 Å². The van der Waals surface area contributed by atoms with Gasteiger partial charge in [0.25, 0.3) is 0 Å². The zero-order valence-corrected chi connectivity index (χ0v) is 12.4. The number of carbonyl (C=O) groups is 1. The van der Waals surface area contributed by atoms with E-state index in [9.17, 15) is 4.79 Å². The van der Waals surface area contributed by atoms with E-state index in [4.69, 9.17) is 34.8 Å². The van der Waals surface area contributed by atoms with Gasteiger partial charge in [0.2, 0.25) is 0 Å². The predicted octanol–water partition coefficient (Wildman–Crippen LogP) is 5.63. The van der Waals surface area contributed by atoms with Crippen molar-refractivity contribution in [2.45, 2.75) is 12.8 Å². The number of carbonyl (C=O) groups excluding carboxylic acids is 1. The molecule has 0 aliphatic carbocycles. The molecule has 0 saturated heterocycles. The summed E-state index contributed by atoms with van der Waals surface area (Å²) in [5, 5.41) is 0.981. The lowest BCUT2D eigenvalue weighted by molar-refractivity contribution is 0.0966. The van der Waals surface area contributed by atoms with Gasteiger partial charge in [0.05, 0.1) is 15.6 Å². The second-order valence-corrected chi connectivity index (χ2v) is 5.49. The van der Waals surface area contributed by atoms with Crippen LogP contribution in [0.25, 0.3) is 0 Å². The van der Waals surface area contributed by atoms with Crippen LogP contribution in [-0.4, -0.2) is 5.78 Å². The van der Waals surface area contributed by atoms with E-state index >= 15 is 0 Å². The van der Waals surface area contributed by atoms with Gasteiger partial charge in [-0.15, -0.1) is 0 Å². The van der Waals surface area contributed by atoms with Crippen LogP contribution in [-0.2, 0) is 0 Å². The van der Waals surface area contributed by atoms with Gasteiger partial charge in [0.15, 0.2) is 5.78 Å². The number of ketones is 1. The first kappa shape index (κ1) is 14.4. The molecule has 0 fully saturated rings. The van der Waals surface area contributed by atoms with Gasteiger partial charge in [-0.1, -0.05) is 72.1 Å². The highest BCUT2D eigenvalue weighted by Gasteiger charge is 2.22. The van der Waals surface area contributed by atoms with Gasteiger partial charge in [-0.05, 0) is 17.7 Å². The van der Waals surface area contributed by atoms with E-state index in [2.05, 4.69) is 0 Å². The Kier molecular flexibility index (Phi) is 4.51. The molecule has 0 heterocycles. The standard InChI is InChI=1S/C15H11Cl3O/c1-9(10-5-3-2-4-6-10)15(19)14-12(17)7-11(16)8-13(14)18/h2-9H,1H3. The average Bonchev–Trinajstić information content (AvgIpc) is 2.37. The maximum Gasteiger partial charge on any atom is 0.173 e. The van der Waals surface area contributed by atoms with Crippen LogP contribution < -0.4 is 0 Å².